The number of aromatic nitrogens is 3. The number of hydrogen-bond donors (Lipinski definition) is 1. The van der Waals surface area contributed by atoms with Gasteiger partial charge in [-0.3, -0.25) is 4.79 Å². The number of fused-ring (bicyclic) bond motifs is 1. The van der Waals surface area contributed by atoms with Crippen molar-refractivity contribution in [2.45, 2.75) is 5.92 Å². The number of likely N-dealkylation sites (tertiary alicyclic amines) is 1. The van der Waals surface area contributed by atoms with E-state index in [0.29, 0.717) is 36.3 Å². The normalized spacial score (nSPS) is 14.5. The van der Waals surface area contributed by atoms with Crippen LogP contribution < -0.4 is 4.74 Å². The van der Waals surface area contributed by atoms with Crippen LogP contribution in [0.5, 0.6) is 5.75 Å². The summed E-state index contributed by atoms with van der Waals surface area (Å²) >= 11 is 0. The summed E-state index contributed by atoms with van der Waals surface area (Å²) in [5, 5.41) is 4.90. The first-order valence-electron chi connectivity index (χ1n) is 8.55. The summed E-state index contributed by atoms with van der Waals surface area (Å²) in [4.78, 5) is 22.0. The Kier molecular flexibility index (Phi) is 3.49. The quantitative estimate of drug-likeness (QED) is 0.598. The number of aromatic amines is 1. The number of rotatable bonds is 4. The molecule has 1 aromatic carbocycles. The van der Waals surface area contributed by atoms with Gasteiger partial charge in [-0.05, 0) is 30.3 Å². The summed E-state index contributed by atoms with van der Waals surface area (Å²) < 4.78 is 15.8. The van der Waals surface area contributed by atoms with Gasteiger partial charge in [0.1, 0.15) is 11.4 Å². The molecule has 0 bridgehead atoms. The highest BCUT2D eigenvalue weighted by Crippen LogP contribution is 2.30. The number of furan rings is 1. The molecule has 5 rings (SSSR count). The van der Waals surface area contributed by atoms with Crippen LogP contribution in [-0.2, 0) is 0 Å². The van der Waals surface area contributed by atoms with Gasteiger partial charge in [0.2, 0.25) is 11.7 Å². The molecule has 136 valence electrons. The van der Waals surface area contributed by atoms with Crippen molar-refractivity contribution in [3.63, 3.8) is 0 Å². The van der Waals surface area contributed by atoms with Crippen LogP contribution >= 0.6 is 0 Å². The summed E-state index contributed by atoms with van der Waals surface area (Å²) in [6, 6.07) is 11.1. The van der Waals surface area contributed by atoms with Crippen LogP contribution in [0.3, 0.4) is 0 Å². The van der Waals surface area contributed by atoms with E-state index >= 15 is 0 Å². The number of nitrogens with zero attached hydrogens (tertiary/aromatic N) is 3. The molecule has 0 spiro atoms. The molecular weight excluding hydrogens is 348 g/mol. The van der Waals surface area contributed by atoms with Crippen LogP contribution in [0, 0.1) is 0 Å². The van der Waals surface area contributed by atoms with E-state index in [1.165, 1.54) is 0 Å². The van der Waals surface area contributed by atoms with Gasteiger partial charge in [0, 0.05) is 30.1 Å². The minimum Gasteiger partial charge on any atom is -0.497 e. The van der Waals surface area contributed by atoms with Crippen LogP contribution in [0.25, 0.3) is 22.5 Å². The van der Waals surface area contributed by atoms with E-state index in [0.717, 1.165) is 16.7 Å². The number of methoxy groups -OCH3 is 1. The maximum Gasteiger partial charge on any atom is 0.270 e. The number of nitrogens with one attached hydrogen (secondary N) is 1. The number of amides is 1. The SMILES string of the molecule is COc1ccc2cc(C(=O)N3CC(c4nc(-c5ccco5)no4)C3)[nH]c2c1. The van der Waals surface area contributed by atoms with E-state index in [1.54, 1.807) is 30.4 Å². The first-order chi connectivity index (χ1) is 13.2. The molecule has 3 aromatic heterocycles. The Morgan fingerprint density at radius 3 is 2.96 bits per heavy atom. The van der Waals surface area contributed by atoms with Crippen molar-refractivity contribution in [2.24, 2.45) is 0 Å². The lowest BCUT2D eigenvalue weighted by atomic mass is 9.99. The molecule has 1 aliphatic heterocycles. The summed E-state index contributed by atoms with van der Waals surface area (Å²) in [5.74, 6) is 2.24. The smallest absolute Gasteiger partial charge is 0.270 e. The van der Waals surface area contributed by atoms with Gasteiger partial charge < -0.3 is 23.6 Å². The lowest BCUT2D eigenvalue weighted by molar-refractivity contribution is 0.0564. The summed E-state index contributed by atoms with van der Waals surface area (Å²) in [6.07, 6.45) is 1.56. The topological polar surface area (TPSA) is 97.4 Å². The van der Waals surface area contributed by atoms with Crippen molar-refractivity contribution in [1.29, 1.82) is 0 Å². The van der Waals surface area contributed by atoms with E-state index in [9.17, 15) is 4.79 Å². The number of benzene rings is 1. The Morgan fingerprint density at radius 2 is 2.19 bits per heavy atom. The van der Waals surface area contributed by atoms with Gasteiger partial charge in [-0.25, -0.2) is 0 Å². The Balaban J connectivity index is 1.28. The van der Waals surface area contributed by atoms with E-state index in [-0.39, 0.29) is 11.8 Å². The zero-order valence-corrected chi connectivity index (χ0v) is 14.5. The van der Waals surface area contributed by atoms with Crippen molar-refractivity contribution in [3.8, 4) is 17.3 Å². The van der Waals surface area contributed by atoms with Crippen LogP contribution in [-0.4, -0.2) is 46.1 Å². The fourth-order valence-electron chi connectivity index (χ4n) is 3.23. The number of hydrogen-bond acceptors (Lipinski definition) is 6. The van der Waals surface area contributed by atoms with Crippen LogP contribution in [0.4, 0.5) is 0 Å². The average molecular weight is 364 g/mol. The maximum absolute atomic E-state index is 12.7. The molecule has 1 N–H and O–H groups in total. The largest absolute Gasteiger partial charge is 0.497 e. The molecule has 0 atom stereocenters. The Labute approximate surface area is 153 Å². The maximum atomic E-state index is 12.7. The summed E-state index contributed by atoms with van der Waals surface area (Å²) in [6.45, 7) is 1.08. The molecular formula is C19H16N4O4. The van der Waals surface area contributed by atoms with Crippen molar-refractivity contribution < 1.29 is 18.5 Å². The van der Waals surface area contributed by atoms with Crippen molar-refractivity contribution in [1.82, 2.24) is 20.0 Å². The summed E-state index contributed by atoms with van der Waals surface area (Å²) in [7, 11) is 1.62. The number of carbonyl (C=O) groups excluding carboxylic acids is 1. The fourth-order valence-corrected chi connectivity index (χ4v) is 3.23. The molecule has 0 unspecified atom stereocenters. The first kappa shape index (κ1) is 15.7. The minimum atomic E-state index is -0.0489. The third kappa shape index (κ3) is 2.66. The second-order valence-electron chi connectivity index (χ2n) is 6.48. The zero-order chi connectivity index (χ0) is 18.4. The molecule has 4 aromatic rings. The molecule has 0 aliphatic carbocycles. The Bertz CT molecular complexity index is 1110. The van der Waals surface area contributed by atoms with Crippen molar-refractivity contribution in [3.05, 3.63) is 54.2 Å². The predicted octanol–water partition coefficient (Wildman–Crippen LogP) is 3.06. The Morgan fingerprint density at radius 1 is 1.30 bits per heavy atom. The van der Waals surface area contributed by atoms with Gasteiger partial charge in [0.15, 0.2) is 5.76 Å². The highest BCUT2D eigenvalue weighted by atomic mass is 16.5. The van der Waals surface area contributed by atoms with Crippen molar-refractivity contribution in [2.75, 3.05) is 20.2 Å². The third-order valence-electron chi connectivity index (χ3n) is 4.76. The molecule has 1 fully saturated rings. The zero-order valence-electron chi connectivity index (χ0n) is 14.5. The number of H-pyrrole nitrogens is 1. The summed E-state index contributed by atoms with van der Waals surface area (Å²) in [5.41, 5.74) is 1.42. The lowest BCUT2D eigenvalue weighted by Gasteiger charge is -2.36. The third-order valence-corrected chi connectivity index (χ3v) is 4.76. The highest BCUT2D eigenvalue weighted by Gasteiger charge is 2.36. The predicted molar refractivity (Wildman–Crippen MR) is 95.5 cm³/mol. The van der Waals surface area contributed by atoms with Crippen LogP contribution in [0.15, 0.2) is 51.6 Å². The van der Waals surface area contributed by atoms with Crippen LogP contribution in [0.1, 0.15) is 22.3 Å². The molecule has 4 heterocycles. The molecule has 0 saturated carbocycles. The number of ether oxygens (including phenoxy) is 1. The van der Waals surface area contributed by atoms with E-state index < -0.39 is 0 Å². The van der Waals surface area contributed by atoms with Gasteiger partial charge in [-0.15, -0.1) is 0 Å². The lowest BCUT2D eigenvalue weighted by Crippen LogP contribution is -2.48. The monoisotopic (exact) mass is 364 g/mol. The van der Waals surface area contributed by atoms with Crippen LogP contribution in [0.2, 0.25) is 0 Å². The fraction of sp³-hybridized carbons (Fsp3) is 0.211. The van der Waals surface area contributed by atoms with E-state index in [2.05, 4.69) is 15.1 Å². The molecule has 1 amide bonds. The van der Waals surface area contributed by atoms with E-state index in [4.69, 9.17) is 13.7 Å². The van der Waals surface area contributed by atoms with Gasteiger partial charge in [-0.1, -0.05) is 5.16 Å². The molecule has 0 radical (unpaired) electrons. The second kappa shape index (κ2) is 6.01. The average Bonchev–Trinajstić information content (AvgIpc) is 3.38. The van der Waals surface area contributed by atoms with Crippen molar-refractivity contribution >= 4 is 16.8 Å². The molecule has 1 aliphatic rings. The van der Waals surface area contributed by atoms with Gasteiger partial charge >= 0.3 is 0 Å². The Hall–Kier alpha value is -3.55. The molecule has 27 heavy (non-hydrogen) atoms. The van der Waals surface area contributed by atoms with Gasteiger partial charge in [0.05, 0.1) is 19.3 Å². The van der Waals surface area contributed by atoms with E-state index in [1.807, 2.05) is 24.3 Å². The molecule has 8 nitrogen and oxygen atoms in total. The minimum absolute atomic E-state index is 0.0367. The number of carbonyl (C=O) groups is 1. The first-order valence-corrected chi connectivity index (χ1v) is 8.55. The standard InChI is InChI=1S/C19H16N4O4/c1-25-13-5-4-11-7-15(20-14(11)8-13)19(24)23-9-12(10-23)18-21-17(22-27-18)16-3-2-6-26-16/h2-8,12,20H,9-10H2,1H3. The van der Waals surface area contributed by atoms with Gasteiger partial charge in [0.25, 0.3) is 5.91 Å². The second-order valence-corrected chi connectivity index (χ2v) is 6.48. The highest BCUT2D eigenvalue weighted by molar-refractivity contribution is 5.98. The molecule has 8 heteroatoms. The van der Waals surface area contributed by atoms with Gasteiger partial charge in [-0.2, -0.15) is 4.98 Å². The molecule has 1 saturated heterocycles.